The van der Waals surface area contributed by atoms with Crippen LogP contribution in [0, 0.1) is 6.92 Å². The van der Waals surface area contributed by atoms with Gasteiger partial charge in [0.1, 0.15) is 4.90 Å². The number of hydrogen-bond donors (Lipinski definition) is 2. The summed E-state index contributed by atoms with van der Waals surface area (Å²) in [6.45, 7) is 1.70. The molecule has 0 saturated heterocycles. The number of nitrogen functional groups attached to an aromatic ring is 1. The van der Waals surface area contributed by atoms with Crippen LogP contribution in [0.4, 0.5) is 11.4 Å². The molecule has 0 unspecified atom stereocenters. The van der Waals surface area contributed by atoms with Gasteiger partial charge >= 0.3 is 0 Å². The van der Waals surface area contributed by atoms with Crippen molar-refractivity contribution in [3.8, 4) is 0 Å². The Hall–Kier alpha value is -1.73. The van der Waals surface area contributed by atoms with E-state index >= 15 is 0 Å². The third-order valence-corrected chi connectivity index (χ3v) is 4.43. The second-order valence-electron chi connectivity index (χ2n) is 4.07. The largest absolute Gasteiger partial charge is 0.398 e. The summed E-state index contributed by atoms with van der Waals surface area (Å²) in [6.07, 6.45) is 1.57. The highest BCUT2D eigenvalue weighted by atomic mass is 35.5. The Morgan fingerprint density at radius 3 is 2.63 bits per heavy atom. The van der Waals surface area contributed by atoms with E-state index in [1.807, 2.05) is 0 Å². The fraction of sp³-hybridized carbons (Fsp3) is 0.182. The van der Waals surface area contributed by atoms with Crippen LogP contribution in [0.5, 0.6) is 0 Å². The van der Waals surface area contributed by atoms with Crippen molar-refractivity contribution in [2.75, 3.05) is 10.5 Å². The van der Waals surface area contributed by atoms with Crippen LogP contribution < -0.4 is 10.5 Å². The lowest BCUT2D eigenvalue weighted by Crippen LogP contribution is -2.15. The van der Waals surface area contributed by atoms with Crippen LogP contribution in [0.2, 0.25) is 5.02 Å². The molecule has 0 bridgehead atoms. The van der Waals surface area contributed by atoms with Gasteiger partial charge in [0, 0.05) is 13.2 Å². The predicted octanol–water partition coefficient (Wildman–Crippen LogP) is 1.76. The number of sulfonamides is 1. The van der Waals surface area contributed by atoms with Crippen molar-refractivity contribution in [1.29, 1.82) is 0 Å². The fourth-order valence-corrected chi connectivity index (χ4v) is 3.49. The molecule has 0 radical (unpaired) electrons. The number of hydrogen-bond acceptors (Lipinski definition) is 4. The first-order chi connectivity index (χ1) is 8.81. The van der Waals surface area contributed by atoms with Crippen molar-refractivity contribution in [2.45, 2.75) is 11.8 Å². The van der Waals surface area contributed by atoms with Gasteiger partial charge in [-0.05, 0) is 19.1 Å². The zero-order valence-corrected chi connectivity index (χ0v) is 12.0. The highest BCUT2D eigenvalue weighted by Crippen LogP contribution is 2.29. The fourth-order valence-electron chi connectivity index (χ4n) is 1.70. The topological polar surface area (TPSA) is 90.0 Å². The van der Waals surface area contributed by atoms with Gasteiger partial charge in [0.2, 0.25) is 0 Å². The molecule has 102 valence electrons. The van der Waals surface area contributed by atoms with Gasteiger partial charge in [-0.1, -0.05) is 17.7 Å². The Morgan fingerprint density at radius 1 is 1.42 bits per heavy atom. The number of benzene rings is 1. The van der Waals surface area contributed by atoms with Gasteiger partial charge in [0.15, 0.2) is 0 Å². The molecule has 1 aromatic heterocycles. The SMILES string of the molecule is Cc1nn(C)cc1NS(=O)(=O)c1c(N)cccc1Cl. The molecular weight excluding hydrogens is 288 g/mol. The van der Waals surface area contributed by atoms with Crippen molar-refractivity contribution in [3.05, 3.63) is 35.1 Å². The Kier molecular flexibility index (Phi) is 3.42. The zero-order valence-electron chi connectivity index (χ0n) is 10.4. The van der Waals surface area contributed by atoms with Crippen molar-refractivity contribution in [2.24, 2.45) is 7.05 Å². The highest BCUT2D eigenvalue weighted by molar-refractivity contribution is 7.93. The van der Waals surface area contributed by atoms with Crippen LogP contribution >= 0.6 is 11.6 Å². The number of nitrogens with one attached hydrogen (secondary N) is 1. The van der Waals surface area contributed by atoms with Gasteiger partial charge in [-0.15, -0.1) is 0 Å². The van der Waals surface area contributed by atoms with Gasteiger partial charge in [0.05, 0.1) is 22.1 Å². The molecule has 0 atom stereocenters. The van der Waals surface area contributed by atoms with E-state index < -0.39 is 10.0 Å². The summed E-state index contributed by atoms with van der Waals surface area (Å²) in [4.78, 5) is -0.125. The van der Waals surface area contributed by atoms with E-state index in [1.54, 1.807) is 26.2 Å². The van der Waals surface area contributed by atoms with Gasteiger partial charge in [-0.25, -0.2) is 8.42 Å². The predicted molar refractivity (Wildman–Crippen MR) is 74.6 cm³/mol. The van der Waals surface area contributed by atoms with Crippen LogP contribution in [0.15, 0.2) is 29.3 Å². The molecule has 2 aromatic rings. The van der Waals surface area contributed by atoms with E-state index in [2.05, 4.69) is 9.82 Å². The molecule has 0 aliphatic heterocycles. The number of aromatic nitrogens is 2. The minimum atomic E-state index is -3.84. The van der Waals surface area contributed by atoms with Gasteiger partial charge < -0.3 is 5.73 Å². The lowest BCUT2D eigenvalue weighted by molar-refractivity contribution is 0.601. The van der Waals surface area contributed by atoms with Crippen molar-refractivity contribution in [3.63, 3.8) is 0 Å². The van der Waals surface area contributed by atoms with Crippen LogP contribution in [-0.4, -0.2) is 18.2 Å². The lowest BCUT2D eigenvalue weighted by atomic mass is 10.3. The Bertz CT molecular complexity index is 704. The normalized spacial score (nSPS) is 11.5. The molecule has 2 rings (SSSR count). The monoisotopic (exact) mass is 300 g/mol. The summed E-state index contributed by atoms with van der Waals surface area (Å²) in [5.41, 5.74) is 6.74. The van der Waals surface area contributed by atoms with Crippen molar-refractivity contribution < 1.29 is 8.42 Å². The third-order valence-electron chi connectivity index (χ3n) is 2.52. The summed E-state index contributed by atoms with van der Waals surface area (Å²) < 4.78 is 28.5. The number of rotatable bonds is 3. The lowest BCUT2D eigenvalue weighted by Gasteiger charge is -2.10. The summed E-state index contributed by atoms with van der Waals surface area (Å²) >= 11 is 5.91. The maximum atomic E-state index is 12.3. The minimum absolute atomic E-state index is 0.0778. The van der Waals surface area contributed by atoms with Gasteiger partial charge in [0.25, 0.3) is 10.0 Å². The van der Waals surface area contributed by atoms with Gasteiger partial charge in [-0.3, -0.25) is 9.40 Å². The smallest absolute Gasteiger partial charge is 0.265 e. The quantitative estimate of drug-likeness (QED) is 0.845. The number of nitrogens with two attached hydrogens (primary N) is 1. The molecular formula is C11H13ClN4O2S. The standard InChI is InChI=1S/C11H13ClN4O2S/c1-7-10(6-16(2)14-7)15-19(17,18)11-8(12)4-3-5-9(11)13/h3-6,15H,13H2,1-2H3. The Labute approximate surface area is 116 Å². The third kappa shape index (κ3) is 2.66. The molecule has 0 fully saturated rings. The summed E-state index contributed by atoms with van der Waals surface area (Å²) in [5, 5.41) is 4.14. The second-order valence-corrected chi connectivity index (χ2v) is 6.09. The minimum Gasteiger partial charge on any atom is -0.398 e. The number of nitrogens with zero attached hydrogens (tertiary/aromatic N) is 2. The highest BCUT2D eigenvalue weighted by Gasteiger charge is 2.22. The van der Waals surface area contributed by atoms with Gasteiger partial charge in [-0.2, -0.15) is 5.10 Å². The molecule has 1 heterocycles. The second kappa shape index (κ2) is 4.75. The average molecular weight is 301 g/mol. The number of halogens is 1. The van der Waals surface area contributed by atoms with E-state index in [1.165, 1.54) is 16.8 Å². The first-order valence-corrected chi connectivity index (χ1v) is 7.24. The average Bonchev–Trinajstić information content (AvgIpc) is 2.55. The van der Waals surface area contributed by atoms with Crippen LogP contribution in [0.25, 0.3) is 0 Å². The van der Waals surface area contributed by atoms with Crippen LogP contribution in [-0.2, 0) is 17.1 Å². The molecule has 0 saturated carbocycles. The molecule has 0 amide bonds. The maximum Gasteiger partial charge on any atom is 0.265 e. The summed E-state index contributed by atoms with van der Waals surface area (Å²) in [5.74, 6) is 0. The molecule has 19 heavy (non-hydrogen) atoms. The van der Waals surface area contributed by atoms with Crippen LogP contribution in [0.1, 0.15) is 5.69 Å². The Morgan fingerprint density at radius 2 is 2.11 bits per heavy atom. The molecule has 0 spiro atoms. The number of aryl methyl sites for hydroxylation is 2. The van der Waals surface area contributed by atoms with Crippen molar-refractivity contribution in [1.82, 2.24) is 9.78 Å². The molecule has 3 N–H and O–H groups in total. The van der Waals surface area contributed by atoms with E-state index in [0.717, 1.165) is 0 Å². The first kappa shape index (κ1) is 13.7. The van der Waals surface area contributed by atoms with E-state index in [4.69, 9.17) is 17.3 Å². The molecule has 1 aromatic carbocycles. The van der Waals surface area contributed by atoms with E-state index in [-0.39, 0.29) is 15.6 Å². The number of anilines is 2. The molecule has 6 nitrogen and oxygen atoms in total. The maximum absolute atomic E-state index is 12.3. The zero-order chi connectivity index (χ0) is 14.2. The van der Waals surface area contributed by atoms with Crippen LogP contribution in [0.3, 0.4) is 0 Å². The van der Waals surface area contributed by atoms with E-state index in [9.17, 15) is 8.42 Å². The molecule has 8 heteroatoms. The summed E-state index contributed by atoms with van der Waals surface area (Å²) in [7, 11) is -2.14. The summed E-state index contributed by atoms with van der Waals surface area (Å²) in [6, 6.07) is 4.55. The first-order valence-electron chi connectivity index (χ1n) is 5.38. The van der Waals surface area contributed by atoms with Crippen molar-refractivity contribution >= 4 is 33.0 Å². The Balaban J connectivity index is 2.47. The molecule has 0 aliphatic carbocycles. The van der Waals surface area contributed by atoms with E-state index in [0.29, 0.717) is 11.4 Å². The molecule has 0 aliphatic rings.